The monoisotopic (exact) mass is 412 g/mol. The van der Waals surface area contributed by atoms with Gasteiger partial charge in [-0.3, -0.25) is 9.59 Å². The summed E-state index contributed by atoms with van der Waals surface area (Å²) in [5.41, 5.74) is 1.86. The first-order chi connectivity index (χ1) is 14.1. The van der Waals surface area contributed by atoms with E-state index >= 15 is 0 Å². The number of morpholine rings is 1. The van der Waals surface area contributed by atoms with Gasteiger partial charge >= 0.3 is 0 Å². The highest BCUT2D eigenvalue weighted by molar-refractivity contribution is 8.00. The maximum atomic E-state index is 13.1. The van der Waals surface area contributed by atoms with Gasteiger partial charge in [-0.15, -0.1) is 11.8 Å². The van der Waals surface area contributed by atoms with Crippen LogP contribution in [-0.4, -0.2) is 61.4 Å². The van der Waals surface area contributed by atoms with E-state index in [0.717, 1.165) is 10.5 Å². The summed E-state index contributed by atoms with van der Waals surface area (Å²) in [6.45, 7) is 4.43. The van der Waals surface area contributed by atoms with E-state index in [4.69, 9.17) is 9.47 Å². The minimum Gasteiger partial charge on any atom is -0.476 e. The SMILES string of the molecule is Cc1ccccc1SCC(=O)N1C[C@H](C(=O)N2CCOCC2)Oc2ccccc21. The zero-order valence-corrected chi connectivity index (χ0v) is 17.2. The Balaban J connectivity index is 1.50. The zero-order valence-electron chi connectivity index (χ0n) is 16.4. The molecule has 4 rings (SSSR count). The molecule has 0 aliphatic carbocycles. The first-order valence-corrected chi connectivity index (χ1v) is 10.7. The van der Waals surface area contributed by atoms with E-state index in [0.29, 0.717) is 43.5 Å². The molecule has 29 heavy (non-hydrogen) atoms. The van der Waals surface area contributed by atoms with Crippen LogP contribution in [0.3, 0.4) is 0 Å². The van der Waals surface area contributed by atoms with Crippen LogP contribution in [-0.2, 0) is 14.3 Å². The third kappa shape index (κ3) is 4.41. The second-order valence-corrected chi connectivity index (χ2v) is 8.09. The van der Waals surface area contributed by atoms with Crippen molar-refractivity contribution in [3.8, 4) is 5.75 Å². The van der Waals surface area contributed by atoms with Crippen LogP contribution in [0.1, 0.15) is 5.56 Å². The summed E-state index contributed by atoms with van der Waals surface area (Å²) in [7, 11) is 0. The van der Waals surface area contributed by atoms with Crippen molar-refractivity contribution in [2.24, 2.45) is 0 Å². The maximum Gasteiger partial charge on any atom is 0.265 e. The number of fused-ring (bicyclic) bond motifs is 1. The van der Waals surface area contributed by atoms with E-state index < -0.39 is 6.10 Å². The van der Waals surface area contributed by atoms with Crippen LogP contribution >= 0.6 is 11.8 Å². The molecule has 0 unspecified atom stereocenters. The van der Waals surface area contributed by atoms with Crippen LogP contribution in [0.4, 0.5) is 5.69 Å². The minimum atomic E-state index is -0.699. The van der Waals surface area contributed by atoms with Crippen LogP contribution in [0.2, 0.25) is 0 Å². The molecule has 0 N–H and O–H groups in total. The van der Waals surface area contributed by atoms with Crippen LogP contribution in [0.5, 0.6) is 5.75 Å². The molecule has 1 fully saturated rings. The molecule has 2 aromatic carbocycles. The Labute approximate surface area is 174 Å². The fourth-order valence-electron chi connectivity index (χ4n) is 3.52. The van der Waals surface area contributed by atoms with Crippen molar-refractivity contribution in [2.75, 3.05) is 43.5 Å². The van der Waals surface area contributed by atoms with Gasteiger partial charge < -0.3 is 19.3 Å². The maximum absolute atomic E-state index is 13.1. The third-order valence-corrected chi connectivity index (χ3v) is 6.28. The number of anilines is 1. The molecule has 0 aromatic heterocycles. The average Bonchev–Trinajstić information content (AvgIpc) is 2.77. The van der Waals surface area contributed by atoms with E-state index in [1.54, 1.807) is 9.80 Å². The van der Waals surface area contributed by atoms with Crippen molar-refractivity contribution in [1.82, 2.24) is 4.90 Å². The van der Waals surface area contributed by atoms with E-state index in [-0.39, 0.29) is 18.4 Å². The molecule has 7 heteroatoms. The Morgan fingerprint density at radius 2 is 1.79 bits per heavy atom. The quantitative estimate of drug-likeness (QED) is 0.723. The molecule has 1 saturated heterocycles. The number of hydrogen-bond acceptors (Lipinski definition) is 5. The first kappa shape index (κ1) is 19.8. The zero-order chi connectivity index (χ0) is 20.2. The molecule has 152 valence electrons. The van der Waals surface area contributed by atoms with E-state index in [1.165, 1.54) is 11.8 Å². The number of carbonyl (C=O) groups excluding carboxylic acids is 2. The largest absolute Gasteiger partial charge is 0.476 e. The number of nitrogens with zero attached hydrogens (tertiary/aromatic N) is 2. The number of carbonyl (C=O) groups is 2. The predicted octanol–water partition coefficient (Wildman–Crippen LogP) is 2.74. The summed E-state index contributed by atoms with van der Waals surface area (Å²) >= 11 is 1.52. The Bertz CT molecular complexity index is 898. The molecular formula is C22H24N2O4S. The van der Waals surface area contributed by atoms with E-state index in [1.807, 2.05) is 55.5 Å². The second-order valence-electron chi connectivity index (χ2n) is 7.07. The highest BCUT2D eigenvalue weighted by atomic mass is 32.2. The number of thioether (sulfide) groups is 1. The molecular weight excluding hydrogens is 388 g/mol. The number of amides is 2. The molecule has 1 atom stereocenters. The first-order valence-electron chi connectivity index (χ1n) is 9.74. The van der Waals surface area contributed by atoms with Crippen molar-refractivity contribution in [3.63, 3.8) is 0 Å². The fraction of sp³-hybridized carbons (Fsp3) is 0.364. The number of ether oxygens (including phenoxy) is 2. The normalized spacial score (nSPS) is 18.7. The van der Waals surface area contributed by atoms with Crippen molar-refractivity contribution >= 4 is 29.3 Å². The third-order valence-electron chi connectivity index (χ3n) is 5.12. The van der Waals surface area contributed by atoms with Gasteiger partial charge in [0.25, 0.3) is 5.91 Å². The number of benzene rings is 2. The van der Waals surface area contributed by atoms with Gasteiger partial charge in [0, 0.05) is 18.0 Å². The van der Waals surface area contributed by atoms with Gasteiger partial charge in [0.1, 0.15) is 5.75 Å². The molecule has 0 spiro atoms. The molecule has 0 saturated carbocycles. The van der Waals surface area contributed by atoms with Crippen LogP contribution < -0.4 is 9.64 Å². The smallest absolute Gasteiger partial charge is 0.265 e. The summed E-state index contributed by atoms with van der Waals surface area (Å²) in [6.07, 6.45) is -0.699. The molecule has 0 bridgehead atoms. The highest BCUT2D eigenvalue weighted by Gasteiger charge is 2.36. The number of para-hydroxylation sites is 2. The van der Waals surface area contributed by atoms with Crippen LogP contribution in [0.25, 0.3) is 0 Å². The Morgan fingerprint density at radius 1 is 1.07 bits per heavy atom. The molecule has 2 aromatic rings. The average molecular weight is 413 g/mol. The van der Waals surface area contributed by atoms with Crippen molar-refractivity contribution < 1.29 is 19.1 Å². The number of hydrogen-bond donors (Lipinski definition) is 0. The Hall–Kier alpha value is -2.51. The number of aryl methyl sites for hydroxylation is 1. The lowest BCUT2D eigenvalue weighted by Crippen LogP contribution is -2.54. The van der Waals surface area contributed by atoms with Crippen molar-refractivity contribution in [3.05, 3.63) is 54.1 Å². The van der Waals surface area contributed by atoms with Gasteiger partial charge in [-0.05, 0) is 30.7 Å². The lowest BCUT2D eigenvalue weighted by molar-refractivity contribution is -0.142. The lowest BCUT2D eigenvalue weighted by atomic mass is 10.1. The van der Waals surface area contributed by atoms with Crippen LogP contribution in [0, 0.1) is 6.92 Å². The summed E-state index contributed by atoms with van der Waals surface area (Å²) in [5, 5.41) is 0. The summed E-state index contributed by atoms with van der Waals surface area (Å²) in [6, 6.07) is 15.4. The van der Waals surface area contributed by atoms with Gasteiger partial charge in [-0.1, -0.05) is 30.3 Å². The van der Waals surface area contributed by atoms with Gasteiger partial charge in [0.2, 0.25) is 5.91 Å². The van der Waals surface area contributed by atoms with Gasteiger partial charge in [0.15, 0.2) is 6.10 Å². The molecule has 2 aliphatic heterocycles. The molecule has 0 radical (unpaired) electrons. The number of rotatable bonds is 4. The van der Waals surface area contributed by atoms with E-state index in [2.05, 4.69) is 0 Å². The van der Waals surface area contributed by atoms with Crippen LogP contribution in [0.15, 0.2) is 53.4 Å². The summed E-state index contributed by atoms with van der Waals surface area (Å²) < 4.78 is 11.3. The van der Waals surface area contributed by atoms with Gasteiger partial charge in [0.05, 0.1) is 31.2 Å². The molecule has 2 aliphatic rings. The molecule has 6 nitrogen and oxygen atoms in total. The Morgan fingerprint density at radius 3 is 2.59 bits per heavy atom. The van der Waals surface area contributed by atoms with Crippen molar-refractivity contribution in [2.45, 2.75) is 17.9 Å². The van der Waals surface area contributed by atoms with Gasteiger partial charge in [-0.25, -0.2) is 0 Å². The lowest BCUT2D eigenvalue weighted by Gasteiger charge is -2.37. The molecule has 2 heterocycles. The second kappa shape index (κ2) is 8.88. The minimum absolute atomic E-state index is 0.0335. The standard InChI is InChI=1S/C22H24N2O4S/c1-16-6-2-5-9-20(16)29-15-21(25)24-14-19(22(26)23-10-12-27-13-11-23)28-18-8-4-3-7-17(18)24/h2-9,19H,10-15H2,1H3/t19-/m1/s1. The predicted molar refractivity (Wildman–Crippen MR) is 113 cm³/mol. The van der Waals surface area contributed by atoms with Gasteiger partial charge in [-0.2, -0.15) is 0 Å². The fourth-order valence-corrected chi connectivity index (χ4v) is 4.43. The highest BCUT2D eigenvalue weighted by Crippen LogP contribution is 2.34. The van der Waals surface area contributed by atoms with E-state index in [9.17, 15) is 9.59 Å². The van der Waals surface area contributed by atoms with Crippen molar-refractivity contribution in [1.29, 1.82) is 0 Å². The summed E-state index contributed by atoms with van der Waals surface area (Å²) in [5.74, 6) is 0.748. The summed E-state index contributed by atoms with van der Waals surface area (Å²) in [4.78, 5) is 30.6. The Kier molecular flexibility index (Phi) is 6.06. The topological polar surface area (TPSA) is 59.1 Å². The molecule has 2 amide bonds.